The molecule has 0 radical (unpaired) electrons. The molecule has 3 aliphatic rings. The number of hydrogen-bond donors (Lipinski definition) is 1. The van der Waals surface area contributed by atoms with Gasteiger partial charge in [-0.1, -0.05) is 25.7 Å². The summed E-state index contributed by atoms with van der Waals surface area (Å²) in [5, 5.41) is 4.01. The first-order chi connectivity index (χ1) is 9.24. The topological polar surface area (TPSA) is 15.3 Å². The first-order valence-corrected chi connectivity index (χ1v) is 8.72. The maximum atomic E-state index is 4.01. The van der Waals surface area contributed by atoms with Gasteiger partial charge in [0.05, 0.1) is 0 Å². The Labute approximate surface area is 119 Å². The van der Waals surface area contributed by atoms with Crippen molar-refractivity contribution in [3.8, 4) is 0 Å². The maximum Gasteiger partial charge on any atom is 0.0110 e. The molecule has 3 unspecified atom stereocenters. The van der Waals surface area contributed by atoms with Crippen LogP contribution in [0.5, 0.6) is 0 Å². The molecule has 0 aromatic carbocycles. The molecule has 1 N–H and O–H groups in total. The lowest BCUT2D eigenvalue weighted by atomic mass is 9.80. The van der Waals surface area contributed by atoms with E-state index in [9.17, 15) is 0 Å². The van der Waals surface area contributed by atoms with E-state index in [1.54, 1.807) is 0 Å². The van der Waals surface area contributed by atoms with Crippen molar-refractivity contribution in [2.75, 3.05) is 7.05 Å². The molecule has 0 amide bonds. The summed E-state index contributed by atoms with van der Waals surface area (Å²) in [4.78, 5) is 2.67. The second kappa shape index (κ2) is 6.13. The summed E-state index contributed by atoms with van der Waals surface area (Å²) >= 11 is 0. The van der Waals surface area contributed by atoms with E-state index in [0.29, 0.717) is 0 Å². The van der Waals surface area contributed by atoms with Crippen molar-refractivity contribution in [2.45, 2.75) is 95.3 Å². The van der Waals surface area contributed by atoms with Gasteiger partial charge in [0.25, 0.3) is 0 Å². The molecule has 3 fully saturated rings. The average Bonchev–Trinajstić information content (AvgIpc) is 2.41. The minimum Gasteiger partial charge on any atom is -0.311 e. The number of hydrogen-bond acceptors (Lipinski definition) is 2. The summed E-state index contributed by atoms with van der Waals surface area (Å²) in [7, 11) is 2.36. The Morgan fingerprint density at radius 3 is 2.16 bits per heavy atom. The monoisotopic (exact) mass is 264 g/mol. The smallest absolute Gasteiger partial charge is 0.0110 e. The Morgan fingerprint density at radius 2 is 1.53 bits per heavy atom. The van der Waals surface area contributed by atoms with Gasteiger partial charge in [-0.15, -0.1) is 0 Å². The van der Waals surface area contributed by atoms with Gasteiger partial charge >= 0.3 is 0 Å². The molecule has 2 bridgehead atoms. The molecule has 0 spiro atoms. The van der Waals surface area contributed by atoms with Gasteiger partial charge in [0.15, 0.2) is 0 Å². The zero-order valence-corrected chi connectivity index (χ0v) is 12.9. The van der Waals surface area contributed by atoms with E-state index < -0.39 is 0 Å². The van der Waals surface area contributed by atoms with Crippen LogP contribution in [-0.2, 0) is 0 Å². The minimum atomic E-state index is 0.745. The standard InChI is InChI=1S/C17H32N2/c1-13(14-7-4-3-5-8-14)18-15-11-16-9-6-10-17(12-15)19(16)2/h13-18H,3-12H2,1-2H3. The van der Waals surface area contributed by atoms with Gasteiger partial charge in [0, 0.05) is 24.2 Å². The van der Waals surface area contributed by atoms with E-state index in [0.717, 1.165) is 30.1 Å². The van der Waals surface area contributed by atoms with Gasteiger partial charge in [-0.05, 0) is 58.4 Å². The van der Waals surface area contributed by atoms with Crippen molar-refractivity contribution >= 4 is 0 Å². The molecule has 19 heavy (non-hydrogen) atoms. The van der Waals surface area contributed by atoms with Crippen molar-refractivity contribution < 1.29 is 0 Å². The van der Waals surface area contributed by atoms with Gasteiger partial charge in [-0.2, -0.15) is 0 Å². The third-order valence-electron chi connectivity index (χ3n) is 6.20. The van der Waals surface area contributed by atoms with Gasteiger partial charge in [-0.25, -0.2) is 0 Å². The molecule has 3 rings (SSSR count). The molecule has 0 aromatic heterocycles. The third kappa shape index (κ3) is 3.16. The number of rotatable bonds is 3. The predicted octanol–water partition coefficient (Wildman–Crippen LogP) is 3.56. The highest BCUT2D eigenvalue weighted by molar-refractivity contribution is 4.94. The molecule has 1 aliphatic carbocycles. The summed E-state index contributed by atoms with van der Waals surface area (Å²) in [6.45, 7) is 2.45. The van der Waals surface area contributed by atoms with Crippen LogP contribution in [0, 0.1) is 5.92 Å². The zero-order valence-electron chi connectivity index (χ0n) is 12.9. The van der Waals surface area contributed by atoms with Gasteiger partial charge in [-0.3, -0.25) is 0 Å². The lowest BCUT2D eigenvalue weighted by Gasteiger charge is -2.48. The van der Waals surface area contributed by atoms with Crippen LogP contribution in [0.2, 0.25) is 0 Å². The summed E-state index contributed by atoms with van der Waals surface area (Å²) in [6.07, 6.45) is 14.5. The van der Waals surface area contributed by atoms with Crippen molar-refractivity contribution in [2.24, 2.45) is 5.92 Å². The first-order valence-electron chi connectivity index (χ1n) is 8.72. The fourth-order valence-corrected chi connectivity index (χ4v) is 4.89. The first kappa shape index (κ1) is 13.9. The normalized spacial score (nSPS) is 39.2. The lowest BCUT2D eigenvalue weighted by molar-refractivity contribution is 0.0434. The number of nitrogens with zero attached hydrogens (tertiary/aromatic N) is 1. The van der Waals surface area contributed by atoms with E-state index in [4.69, 9.17) is 0 Å². The third-order valence-corrected chi connectivity index (χ3v) is 6.20. The number of fused-ring (bicyclic) bond motifs is 2. The van der Waals surface area contributed by atoms with E-state index >= 15 is 0 Å². The SMILES string of the molecule is CC(NC1CC2CCCC(C1)N2C)C1CCCCC1. The van der Waals surface area contributed by atoms with Crippen molar-refractivity contribution in [1.82, 2.24) is 10.2 Å². The van der Waals surface area contributed by atoms with Crippen molar-refractivity contribution in [3.05, 3.63) is 0 Å². The average molecular weight is 264 g/mol. The molecule has 3 atom stereocenters. The molecule has 2 heterocycles. The molecule has 2 nitrogen and oxygen atoms in total. The Hall–Kier alpha value is -0.0800. The van der Waals surface area contributed by atoms with Crippen LogP contribution in [0.3, 0.4) is 0 Å². The molecule has 2 saturated heterocycles. The highest BCUT2D eigenvalue weighted by Crippen LogP contribution is 2.34. The number of piperidine rings is 2. The molecular weight excluding hydrogens is 232 g/mol. The van der Waals surface area contributed by atoms with Crippen LogP contribution in [0.25, 0.3) is 0 Å². The van der Waals surface area contributed by atoms with Crippen LogP contribution >= 0.6 is 0 Å². The van der Waals surface area contributed by atoms with E-state index in [2.05, 4.69) is 24.2 Å². The summed E-state index contributed by atoms with van der Waals surface area (Å²) < 4.78 is 0. The maximum absolute atomic E-state index is 4.01. The van der Waals surface area contributed by atoms with E-state index in [1.165, 1.54) is 64.2 Å². The highest BCUT2D eigenvalue weighted by atomic mass is 15.2. The van der Waals surface area contributed by atoms with Crippen LogP contribution in [-0.4, -0.2) is 36.1 Å². The van der Waals surface area contributed by atoms with Crippen molar-refractivity contribution in [3.63, 3.8) is 0 Å². The predicted molar refractivity (Wildman–Crippen MR) is 81.4 cm³/mol. The van der Waals surface area contributed by atoms with Gasteiger partial charge in [0.2, 0.25) is 0 Å². The quantitative estimate of drug-likeness (QED) is 0.838. The molecule has 2 aliphatic heterocycles. The van der Waals surface area contributed by atoms with Crippen LogP contribution in [0.1, 0.15) is 71.1 Å². The zero-order chi connectivity index (χ0) is 13.2. The Bertz CT molecular complexity index is 271. The minimum absolute atomic E-state index is 0.745. The van der Waals surface area contributed by atoms with Gasteiger partial charge < -0.3 is 10.2 Å². The Balaban J connectivity index is 1.52. The number of nitrogens with one attached hydrogen (secondary N) is 1. The summed E-state index contributed by atoms with van der Waals surface area (Å²) in [5.41, 5.74) is 0. The lowest BCUT2D eigenvalue weighted by Crippen LogP contribution is -2.56. The van der Waals surface area contributed by atoms with Crippen molar-refractivity contribution in [1.29, 1.82) is 0 Å². The highest BCUT2D eigenvalue weighted by Gasteiger charge is 2.36. The van der Waals surface area contributed by atoms with Crippen LogP contribution in [0.15, 0.2) is 0 Å². The fourth-order valence-electron chi connectivity index (χ4n) is 4.89. The Morgan fingerprint density at radius 1 is 0.895 bits per heavy atom. The molecule has 0 aromatic rings. The molecular formula is C17H32N2. The fraction of sp³-hybridized carbons (Fsp3) is 1.00. The second-order valence-electron chi connectivity index (χ2n) is 7.43. The van der Waals surface area contributed by atoms with E-state index in [1.807, 2.05) is 0 Å². The Kier molecular flexibility index (Phi) is 4.48. The second-order valence-corrected chi connectivity index (χ2v) is 7.43. The summed E-state index contributed by atoms with van der Waals surface area (Å²) in [5.74, 6) is 0.952. The van der Waals surface area contributed by atoms with Gasteiger partial charge in [0.1, 0.15) is 0 Å². The summed E-state index contributed by atoms with van der Waals surface area (Å²) in [6, 6.07) is 3.27. The molecule has 1 saturated carbocycles. The molecule has 2 heteroatoms. The van der Waals surface area contributed by atoms with E-state index in [-0.39, 0.29) is 0 Å². The molecule has 110 valence electrons. The van der Waals surface area contributed by atoms with Crippen LogP contribution < -0.4 is 5.32 Å². The largest absolute Gasteiger partial charge is 0.311 e. The van der Waals surface area contributed by atoms with Crippen LogP contribution in [0.4, 0.5) is 0 Å².